The lowest BCUT2D eigenvalue weighted by Gasteiger charge is -2.16. The first-order chi connectivity index (χ1) is 15.0. The molecule has 2 fully saturated rings. The van der Waals surface area contributed by atoms with E-state index in [1.54, 1.807) is 35.0 Å². The highest BCUT2D eigenvalue weighted by Gasteiger charge is 2.26. The molecule has 1 aliphatic heterocycles. The van der Waals surface area contributed by atoms with E-state index in [2.05, 4.69) is 31.0 Å². The number of amides is 2. The third kappa shape index (κ3) is 3.83. The lowest BCUT2D eigenvalue weighted by Crippen LogP contribution is -2.19. The summed E-state index contributed by atoms with van der Waals surface area (Å²) in [7, 11) is 0. The summed E-state index contributed by atoms with van der Waals surface area (Å²) in [6.07, 6.45) is 5.29. The number of anilines is 2. The predicted molar refractivity (Wildman–Crippen MR) is 112 cm³/mol. The van der Waals surface area contributed by atoms with Gasteiger partial charge in [-0.3, -0.25) is 14.9 Å². The van der Waals surface area contributed by atoms with E-state index >= 15 is 0 Å². The number of fused-ring (bicyclic) bond motifs is 1. The second-order valence-corrected chi connectivity index (χ2v) is 7.74. The van der Waals surface area contributed by atoms with Crippen molar-refractivity contribution in [2.24, 2.45) is 0 Å². The van der Waals surface area contributed by atoms with Crippen molar-refractivity contribution >= 4 is 35.4 Å². The minimum atomic E-state index is -0.416. The minimum Gasteiger partial charge on any atom is -0.351 e. The topological polar surface area (TPSA) is 113 Å². The van der Waals surface area contributed by atoms with Crippen LogP contribution < -0.4 is 16.0 Å². The maximum absolute atomic E-state index is 14.2. The summed E-state index contributed by atoms with van der Waals surface area (Å²) in [5.74, 6) is -0.252. The van der Waals surface area contributed by atoms with Gasteiger partial charge in [0, 0.05) is 22.7 Å². The van der Waals surface area contributed by atoms with Gasteiger partial charge in [-0.05, 0) is 31.9 Å². The van der Waals surface area contributed by atoms with Crippen LogP contribution in [0.15, 0.2) is 36.0 Å². The molecular weight excluding hydrogens is 401 g/mol. The van der Waals surface area contributed by atoms with Crippen LogP contribution >= 0.6 is 0 Å². The molecule has 1 saturated carbocycles. The van der Waals surface area contributed by atoms with Gasteiger partial charge in [0.25, 0.3) is 5.91 Å². The zero-order valence-electron chi connectivity index (χ0n) is 16.7. The molecule has 1 saturated heterocycles. The van der Waals surface area contributed by atoms with Crippen molar-refractivity contribution in [1.82, 2.24) is 24.9 Å². The summed E-state index contributed by atoms with van der Waals surface area (Å²) < 4.78 is 15.8. The first-order valence-electron chi connectivity index (χ1n) is 10.1. The minimum absolute atomic E-state index is 0.0177. The van der Waals surface area contributed by atoms with Gasteiger partial charge in [-0.15, -0.1) is 0 Å². The number of rotatable bonds is 6. The number of benzene rings is 1. The molecule has 5 rings (SSSR count). The van der Waals surface area contributed by atoms with Gasteiger partial charge >= 0.3 is 0 Å². The lowest BCUT2D eigenvalue weighted by atomic mass is 10.1. The van der Waals surface area contributed by atoms with Gasteiger partial charge in [0.1, 0.15) is 5.82 Å². The van der Waals surface area contributed by atoms with Crippen LogP contribution in [0.2, 0.25) is 0 Å². The quantitative estimate of drug-likeness (QED) is 0.414. The fourth-order valence-electron chi connectivity index (χ4n) is 3.47. The number of hydrogen-bond acceptors (Lipinski definition) is 7. The summed E-state index contributed by atoms with van der Waals surface area (Å²) in [6.45, 7) is 1.83. The number of imide groups is 1. The van der Waals surface area contributed by atoms with E-state index in [4.69, 9.17) is 0 Å². The molecule has 158 valence electrons. The van der Waals surface area contributed by atoms with E-state index in [0.29, 0.717) is 40.3 Å². The normalized spacial score (nSPS) is 18.5. The van der Waals surface area contributed by atoms with Crippen molar-refractivity contribution in [2.75, 3.05) is 10.6 Å². The van der Waals surface area contributed by atoms with E-state index in [-0.39, 0.29) is 24.2 Å². The average molecular weight is 421 g/mol. The predicted octanol–water partition coefficient (Wildman–Crippen LogP) is 2.44. The lowest BCUT2D eigenvalue weighted by molar-refractivity contribution is -0.124. The van der Waals surface area contributed by atoms with E-state index in [0.717, 1.165) is 12.8 Å². The molecule has 1 unspecified atom stereocenters. The second kappa shape index (κ2) is 7.46. The van der Waals surface area contributed by atoms with Crippen LogP contribution in [0, 0.1) is 5.82 Å². The zero-order chi connectivity index (χ0) is 21.5. The molecule has 2 aromatic heterocycles. The third-order valence-corrected chi connectivity index (χ3v) is 5.25. The fourth-order valence-corrected chi connectivity index (χ4v) is 3.47. The van der Waals surface area contributed by atoms with Crippen LogP contribution in [-0.2, 0) is 9.59 Å². The summed E-state index contributed by atoms with van der Waals surface area (Å²) in [4.78, 5) is 32.6. The third-order valence-electron chi connectivity index (χ3n) is 5.25. The smallest absolute Gasteiger partial charge is 0.254 e. The van der Waals surface area contributed by atoms with Gasteiger partial charge in [-0.1, -0.05) is 18.2 Å². The Bertz CT molecular complexity index is 1230. The molecule has 9 nitrogen and oxygen atoms in total. The standard InChI is InChI=1S/C21H20FN7O2/c1-11(15-4-2-3-5-16(15)22)24-20-27-18-13(8-12-9-17(30)26-19(12)31)10-23-29(18)21(28-20)25-14-6-7-14/h2-5,8,10-11,14H,6-7,9H2,1H3,(H,26,30,31)(H2,24,25,27,28)/b12-8+. The van der Waals surface area contributed by atoms with Crippen LogP contribution in [0.25, 0.3) is 11.7 Å². The Morgan fingerprint density at radius 1 is 1.26 bits per heavy atom. The Labute approximate surface area is 176 Å². The van der Waals surface area contributed by atoms with Crippen molar-refractivity contribution < 1.29 is 14.0 Å². The number of hydrogen-bond donors (Lipinski definition) is 3. The second-order valence-electron chi connectivity index (χ2n) is 7.74. The molecule has 1 aromatic carbocycles. The number of aromatic nitrogens is 4. The van der Waals surface area contributed by atoms with Crippen LogP contribution in [0.4, 0.5) is 16.3 Å². The van der Waals surface area contributed by atoms with Gasteiger partial charge in [-0.25, -0.2) is 4.39 Å². The fraction of sp³-hybridized carbons (Fsp3) is 0.286. The van der Waals surface area contributed by atoms with Crippen LogP contribution in [-0.4, -0.2) is 37.4 Å². The SMILES string of the molecule is CC(Nc1nc(NC2CC2)n2ncc(/C=C3\CC(=O)NC3=O)c2n1)c1ccccc1F. The highest BCUT2D eigenvalue weighted by atomic mass is 19.1. The number of nitrogens with one attached hydrogen (secondary N) is 3. The summed E-state index contributed by atoms with van der Waals surface area (Å²) in [5, 5.41) is 13.1. The monoisotopic (exact) mass is 421 g/mol. The molecule has 2 aliphatic rings. The van der Waals surface area contributed by atoms with Crippen LogP contribution in [0.1, 0.15) is 43.4 Å². The van der Waals surface area contributed by atoms with Gasteiger partial charge in [0.2, 0.25) is 17.8 Å². The molecule has 1 aliphatic carbocycles. The molecule has 0 bridgehead atoms. The van der Waals surface area contributed by atoms with E-state index in [1.165, 1.54) is 6.07 Å². The van der Waals surface area contributed by atoms with Crippen molar-refractivity contribution in [3.63, 3.8) is 0 Å². The number of carbonyl (C=O) groups excluding carboxylic acids is 2. The van der Waals surface area contributed by atoms with Gasteiger partial charge < -0.3 is 10.6 Å². The summed E-state index contributed by atoms with van der Waals surface area (Å²) in [5.41, 5.74) is 1.91. The van der Waals surface area contributed by atoms with Gasteiger partial charge in [-0.2, -0.15) is 19.6 Å². The molecule has 0 spiro atoms. The van der Waals surface area contributed by atoms with Gasteiger partial charge in [0.15, 0.2) is 5.65 Å². The molecule has 0 radical (unpaired) electrons. The Morgan fingerprint density at radius 3 is 2.77 bits per heavy atom. The molecule has 3 N–H and O–H groups in total. The van der Waals surface area contributed by atoms with Crippen molar-refractivity contribution in [3.05, 3.63) is 53.0 Å². The van der Waals surface area contributed by atoms with E-state index < -0.39 is 5.91 Å². The largest absolute Gasteiger partial charge is 0.351 e. The van der Waals surface area contributed by atoms with Crippen molar-refractivity contribution in [1.29, 1.82) is 0 Å². The van der Waals surface area contributed by atoms with E-state index in [1.807, 2.05) is 6.92 Å². The Hall–Kier alpha value is -3.82. The molecule has 3 aromatic rings. The number of halogens is 1. The maximum Gasteiger partial charge on any atom is 0.254 e. The number of nitrogens with zero attached hydrogens (tertiary/aromatic N) is 4. The Balaban J connectivity index is 1.54. The van der Waals surface area contributed by atoms with Crippen molar-refractivity contribution in [3.8, 4) is 0 Å². The first-order valence-corrected chi connectivity index (χ1v) is 10.1. The van der Waals surface area contributed by atoms with Crippen LogP contribution in [0.3, 0.4) is 0 Å². The van der Waals surface area contributed by atoms with Crippen LogP contribution in [0.5, 0.6) is 0 Å². The first kappa shape index (κ1) is 19.2. The van der Waals surface area contributed by atoms with E-state index in [9.17, 15) is 14.0 Å². The van der Waals surface area contributed by atoms with Crippen molar-refractivity contribution in [2.45, 2.75) is 38.3 Å². The van der Waals surface area contributed by atoms with Gasteiger partial charge in [0.05, 0.1) is 18.7 Å². The molecular formula is C21H20FN7O2. The highest BCUT2D eigenvalue weighted by Crippen LogP contribution is 2.27. The molecule has 2 amide bonds. The Morgan fingerprint density at radius 2 is 2.06 bits per heavy atom. The number of carbonyl (C=O) groups is 2. The highest BCUT2D eigenvalue weighted by molar-refractivity contribution is 6.15. The summed E-state index contributed by atoms with van der Waals surface area (Å²) >= 11 is 0. The Kier molecular flexibility index (Phi) is 4.61. The molecule has 1 atom stereocenters. The molecule has 3 heterocycles. The average Bonchev–Trinajstić information content (AvgIpc) is 3.37. The summed E-state index contributed by atoms with van der Waals surface area (Å²) in [6, 6.07) is 6.48. The molecule has 10 heteroatoms. The molecule has 31 heavy (non-hydrogen) atoms. The zero-order valence-corrected chi connectivity index (χ0v) is 16.7. The maximum atomic E-state index is 14.2.